The molecule has 11 heavy (non-hydrogen) atoms. The number of hydrogen-bond acceptors (Lipinski definition) is 1. The smallest absolute Gasteiger partial charge is 0.261 e. The Morgan fingerprint density at radius 1 is 1.18 bits per heavy atom. The first-order valence-electron chi connectivity index (χ1n) is 4.30. The Labute approximate surface area is 66.2 Å². The molecule has 0 aromatic carbocycles. The van der Waals surface area contributed by atoms with E-state index in [1.54, 1.807) is 0 Å². The summed E-state index contributed by atoms with van der Waals surface area (Å²) in [7, 11) is 0. The summed E-state index contributed by atoms with van der Waals surface area (Å²) in [5.74, 6) is 0.498. The monoisotopic (exact) mass is 163 g/mol. The largest absolute Gasteiger partial charge is 0.292 e. The van der Waals surface area contributed by atoms with Crippen LogP contribution in [0.2, 0.25) is 0 Å². The Hall–Kier alpha value is -0.180. The van der Waals surface area contributed by atoms with Crippen molar-refractivity contribution >= 4 is 0 Å². The van der Waals surface area contributed by atoms with Crippen LogP contribution in [-0.2, 0) is 0 Å². The van der Waals surface area contributed by atoms with Crippen LogP contribution in [0.5, 0.6) is 0 Å². The van der Waals surface area contributed by atoms with Crippen molar-refractivity contribution in [2.45, 2.75) is 38.7 Å². The van der Waals surface area contributed by atoms with Crippen molar-refractivity contribution < 1.29 is 8.78 Å². The zero-order valence-corrected chi connectivity index (χ0v) is 6.65. The van der Waals surface area contributed by atoms with Gasteiger partial charge in [-0.15, -0.1) is 0 Å². The predicted octanol–water partition coefficient (Wildman–Crippen LogP) is 2.38. The lowest BCUT2D eigenvalue weighted by atomic mass is 9.89. The molecular weight excluding hydrogens is 148 g/mol. The van der Waals surface area contributed by atoms with E-state index in [0.717, 1.165) is 12.8 Å². The molecule has 1 aliphatic carbocycles. The second kappa shape index (κ2) is 4.65. The third-order valence-corrected chi connectivity index (χ3v) is 2.29. The highest BCUT2D eigenvalue weighted by Crippen LogP contribution is 2.22. The first kappa shape index (κ1) is 8.91. The highest BCUT2D eigenvalue weighted by molar-refractivity contribution is 4.67. The van der Waals surface area contributed by atoms with E-state index >= 15 is 0 Å². The molecule has 0 atom stereocenters. The van der Waals surface area contributed by atoms with Crippen LogP contribution in [0.3, 0.4) is 0 Å². The molecule has 0 saturated heterocycles. The van der Waals surface area contributed by atoms with Gasteiger partial charge in [-0.2, -0.15) is 8.78 Å². The molecule has 0 spiro atoms. The lowest BCUT2D eigenvalue weighted by Crippen LogP contribution is -2.28. The fourth-order valence-electron chi connectivity index (χ4n) is 1.65. The first-order chi connectivity index (χ1) is 5.29. The minimum atomic E-state index is -2.34. The van der Waals surface area contributed by atoms with Gasteiger partial charge in [0.2, 0.25) is 0 Å². The highest BCUT2D eigenvalue weighted by Gasteiger charge is 2.14. The second-order valence-electron chi connectivity index (χ2n) is 3.21. The SMILES string of the molecule is FC(F)NCC1CCCCC1. The minimum Gasteiger partial charge on any atom is -0.261 e. The van der Waals surface area contributed by atoms with E-state index in [2.05, 4.69) is 5.32 Å². The molecule has 0 unspecified atom stereocenters. The third kappa shape index (κ3) is 3.65. The normalized spacial score (nSPS) is 21.0. The molecule has 66 valence electrons. The Balaban J connectivity index is 2.05. The molecule has 1 rings (SSSR count). The van der Waals surface area contributed by atoms with Crippen molar-refractivity contribution in [3.05, 3.63) is 0 Å². The topological polar surface area (TPSA) is 12.0 Å². The van der Waals surface area contributed by atoms with Crippen LogP contribution in [0, 0.1) is 5.92 Å². The van der Waals surface area contributed by atoms with Gasteiger partial charge in [0.05, 0.1) is 0 Å². The summed E-state index contributed by atoms with van der Waals surface area (Å²) >= 11 is 0. The molecule has 0 radical (unpaired) electrons. The average Bonchev–Trinajstić information content (AvgIpc) is 2.03. The van der Waals surface area contributed by atoms with Crippen LogP contribution in [-0.4, -0.2) is 13.1 Å². The van der Waals surface area contributed by atoms with E-state index in [0.29, 0.717) is 12.5 Å². The van der Waals surface area contributed by atoms with Crippen molar-refractivity contribution in [2.75, 3.05) is 6.54 Å². The average molecular weight is 163 g/mol. The van der Waals surface area contributed by atoms with Crippen LogP contribution < -0.4 is 5.32 Å². The molecule has 1 fully saturated rings. The van der Waals surface area contributed by atoms with Gasteiger partial charge in [-0.25, -0.2) is 0 Å². The summed E-state index contributed by atoms with van der Waals surface area (Å²) < 4.78 is 23.4. The van der Waals surface area contributed by atoms with Crippen molar-refractivity contribution in [3.8, 4) is 0 Å². The molecule has 0 heterocycles. The Morgan fingerprint density at radius 3 is 2.36 bits per heavy atom. The van der Waals surface area contributed by atoms with E-state index in [9.17, 15) is 8.78 Å². The summed E-state index contributed by atoms with van der Waals surface area (Å²) in [6.07, 6.45) is 5.97. The maximum atomic E-state index is 11.7. The fraction of sp³-hybridized carbons (Fsp3) is 1.00. The van der Waals surface area contributed by atoms with Crippen LogP contribution in [0.15, 0.2) is 0 Å². The molecule has 0 amide bonds. The number of alkyl halides is 2. The standard InChI is InChI=1S/C8H15F2N/c9-8(10)11-6-7-4-2-1-3-5-7/h7-8,11H,1-6H2. The lowest BCUT2D eigenvalue weighted by Gasteiger charge is -2.21. The van der Waals surface area contributed by atoms with Gasteiger partial charge in [0.1, 0.15) is 0 Å². The van der Waals surface area contributed by atoms with E-state index in [4.69, 9.17) is 0 Å². The Bertz CT molecular complexity index is 100. The molecular formula is C8H15F2N. The molecule has 0 aromatic heterocycles. The third-order valence-electron chi connectivity index (χ3n) is 2.29. The van der Waals surface area contributed by atoms with Gasteiger partial charge in [0.15, 0.2) is 0 Å². The predicted molar refractivity (Wildman–Crippen MR) is 40.6 cm³/mol. The van der Waals surface area contributed by atoms with Crippen molar-refractivity contribution in [2.24, 2.45) is 5.92 Å². The molecule has 1 nitrogen and oxygen atoms in total. The maximum Gasteiger partial charge on any atom is 0.292 e. The summed E-state index contributed by atoms with van der Waals surface area (Å²) in [5, 5.41) is 2.18. The lowest BCUT2D eigenvalue weighted by molar-refractivity contribution is 0.0986. The molecule has 0 aromatic rings. The first-order valence-corrected chi connectivity index (χ1v) is 4.30. The van der Waals surface area contributed by atoms with Gasteiger partial charge in [-0.05, 0) is 18.8 Å². The zero-order valence-electron chi connectivity index (χ0n) is 6.65. The molecule has 3 heteroatoms. The molecule has 1 saturated carbocycles. The van der Waals surface area contributed by atoms with Gasteiger partial charge in [-0.1, -0.05) is 19.3 Å². The maximum absolute atomic E-state index is 11.7. The Morgan fingerprint density at radius 2 is 1.82 bits per heavy atom. The quantitative estimate of drug-likeness (QED) is 0.630. The van der Waals surface area contributed by atoms with Crippen LogP contribution in [0.4, 0.5) is 8.78 Å². The van der Waals surface area contributed by atoms with Gasteiger partial charge >= 0.3 is 0 Å². The van der Waals surface area contributed by atoms with E-state index < -0.39 is 6.55 Å². The van der Waals surface area contributed by atoms with Gasteiger partial charge in [-0.3, -0.25) is 5.32 Å². The highest BCUT2D eigenvalue weighted by atomic mass is 19.3. The van der Waals surface area contributed by atoms with Gasteiger partial charge in [0, 0.05) is 6.54 Å². The summed E-state index contributed by atoms with van der Waals surface area (Å²) in [5.41, 5.74) is 0. The van der Waals surface area contributed by atoms with E-state index in [1.807, 2.05) is 0 Å². The summed E-state index contributed by atoms with van der Waals surface area (Å²) in [6, 6.07) is 0. The number of nitrogens with one attached hydrogen (secondary N) is 1. The van der Waals surface area contributed by atoms with Crippen LogP contribution in [0.25, 0.3) is 0 Å². The van der Waals surface area contributed by atoms with Gasteiger partial charge < -0.3 is 0 Å². The fourth-order valence-corrected chi connectivity index (χ4v) is 1.65. The summed E-state index contributed by atoms with van der Waals surface area (Å²) in [4.78, 5) is 0. The van der Waals surface area contributed by atoms with Crippen molar-refractivity contribution in [3.63, 3.8) is 0 Å². The van der Waals surface area contributed by atoms with E-state index in [-0.39, 0.29) is 0 Å². The van der Waals surface area contributed by atoms with Gasteiger partial charge in [0.25, 0.3) is 6.55 Å². The molecule has 1 N–H and O–H groups in total. The Kier molecular flexibility index (Phi) is 3.77. The number of halogens is 2. The summed E-state index contributed by atoms with van der Waals surface area (Å²) in [6.45, 7) is -1.84. The minimum absolute atomic E-state index is 0.498. The number of rotatable bonds is 3. The van der Waals surface area contributed by atoms with Crippen LogP contribution >= 0.6 is 0 Å². The van der Waals surface area contributed by atoms with E-state index in [1.165, 1.54) is 19.3 Å². The molecule has 1 aliphatic rings. The zero-order chi connectivity index (χ0) is 8.10. The molecule has 0 aliphatic heterocycles. The number of hydrogen-bond donors (Lipinski definition) is 1. The van der Waals surface area contributed by atoms with Crippen LogP contribution in [0.1, 0.15) is 32.1 Å². The van der Waals surface area contributed by atoms with Crippen molar-refractivity contribution in [1.29, 1.82) is 0 Å². The van der Waals surface area contributed by atoms with Crippen molar-refractivity contribution in [1.82, 2.24) is 5.32 Å². The molecule has 0 bridgehead atoms. The second-order valence-corrected chi connectivity index (χ2v) is 3.21.